The number of pyridine rings is 1. The van der Waals surface area contributed by atoms with E-state index in [1.54, 1.807) is 32.2 Å². The summed E-state index contributed by atoms with van der Waals surface area (Å²) in [5, 5.41) is 0. The number of nitrogens with zero attached hydrogens (tertiary/aromatic N) is 1. The Morgan fingerprint density at radius 3 is 2.55 bits per heavy atom. The molecule has 2 aromatic rings. The van der Waals surface area contributed by atoms with Gasteiger partial charge in [0.05, 0.1) is 10.6 Å². The molecule has 0 aliphatic carbocycles. The van der Waals surface area contributed by atoms with Crippen LogP contribution in [0.5, 0.6) is 0 Å². The molecule has 1 aromatic carbocycles. The molecule has 5 nitrogen and oxygen atoms in total. The summed E-state index contributed by atoms with van der Waals surface area (Å²) in [4.78, 5) is 11.5. The number of halogens is 1. The predicted molar refractivity (Wildman–Crippen MR) is 81.4 cm³/mol. The van der Waals surface area contributed by atoms with Gasteiger partial charge in [0.25, 0.3) is 10.0 Å². The topological polar surface area (TPSA) is 68.2 Å². The van der Waals surface area contributed by atoms with Crippen LogP contribution in [0.2, 0.25) is 0 Å². The van der Waals surface area contributed by atoms with Crippen molar-refractivity contribution >= 4 is 31.6 Å². The number of nitrogens with one attached hydrogen (secondary N) is 1. The van der Waals surface area contributed by atoms with Crippen LogP contribution in [-0.2, 0) is 17.1 Å². The first-order valence-electron chi connectivity index (χ1n) is 5.75. The van der Waals surface area contributed by atoms with Crippen LogP contribution >= 0.6 is 15.9 Å². The number of hydrogen-bond acceptors (Lipinski definition) is 3. The van der Waals surface area contributed by atoms with Gasteiger partial charge in [0, 0.05) is 23.8 Å². The van der Waals surface area contributed by atoms with E-state index in [0.29, 0.717) is 15.7 Å². The van der Waals surface area contributed by atoms with Crippen molar-refractivity contribution in [2.75, 3.05) is 4.72 Å². The van der Waals surface area contributed by atoms with Crippen molar-refractivity contribution in [1.29, 1.82) is 0 Å². The standard InChI is InChI=1S/C13H13BrN2O3S/c1-9-3-4-10(14)7-12(9)20(18,19)15-11-5-6-13(17)16(2)8-11/h3-8,15H,1-2H3. The van der Waals surface area contributed by atoms with Crippen molar-refractivity contribution in [3.63, 3.8) is 0 Å². The lowest BCUT2D eigenvalue weighted by molar-refractivity contribution is 0.600. The summed E-state index contributed by atoms with van der Waals surface area (Å²) in [6, 6.07) is 7.79. The lowest BCUT2D eigenvalue weighted by atomic mass is 10.2. The Balaban J connectivity index is 2.43. The van der Waals surface area contributed by atoms with Gasteiger partial charge < -0.3 is 4.57 Å². The number of sulfonamides is 1. The van der Waals surface area contributed by atoms with Crippen LogP contribution in [-0.4, -0.2) is 13.0 Å². The highest BCUT2D eigenvalue weighted by Gasteiger charge is 2.17. The van der Waals surface area contributed by atoms with Gasteiger partial charge in [-0.25, -0.2) is 8.42 Å². The predicted octanol–water partition coefficient (Wildman–Crippen LogP) is 2.26. The SMILES string of the molecule is Cc1ccc(Br)cc1S(=O)(=O)Nc1ccc(=O)n(C)c1. The largest absolute Gasteiger partial charge is 0.316 e. The van der Waals surface area contributed by atoms with E-state index in [9.17, 15) is 13.2 Å². The van der Waals surface area contributed by atoms with Crippen LogP contribution in [0.1, 0.15) is 5.56 Å². The van der Waals surface area contributed by atoms with Gasteiger partial charge in [-0.1, -0.05) is 22.0 Å². The first-order chi connectivity index (χ1) is 9.29. The Morgan fingerprint density at radius 1 is 1.20 bits per heavy atom. The smallest absolute Gasteiger partial charge is 0.262 e. The molecule has 0 aliphatic heterocycles. The van der Waals surface area contributed by atoms with Crippen LogP contribution < -0.4 is 10.3 Å². The van der Waals surface area contributed by atoms with Gasteiger partial charge in [-0.15, -0.1) is 0 Å². The molecular weight excluding hydrogens is 344 g/mol. The first kappa shape index (κ1) is 14.8. The fourth-order valence-corrected chi connectivity index (χ4v) is 3.56. The molecule has 0 bridgehead atoms. The second-order valence-electron chi connectivity index (χ2n) is 4.38. The Morgan fingerprint density at radius 2 is 1.90 bits per heavy atom. The minimum Gasteiger partial charge on any atom is -0.316 e. The lowest BCUT2D eigenvalue weighted by Gasteiger charge is -2.11. The monoisotopic (exact) mass is 356 g/mol. The number of hydrogen-bond donors (Lipinski definition) is 1. The van der Waals surface area contributed by atoms with Gasteiger partial charge in [-0.2, -0.15) is 0 Å². The molecule has 0 amide bonds. The van der Waals surface area contributed by atoms with E-state index in [1.165, 1.54) is 22.9 Å². The summed E-state index contributed by atoms with van der Waals surface area (Å²) in [6.45, 7) is 1.72. The highest BCUT2D eigenvalue weighted by Crippen LogP contribution is 2.22. The van der Waals surface area contributed by atoms with Crippen molar-refractivity contribution in [2.24, 2.45) is 7.05 Å². The van der Waals surface area contributed by atoms with E-state index in [-0.39, 0.29) is 10.5 Å². The molecule has 20 heavy (non-hydrogen) atoms. The van der Waals surface area contributed by atoms with Crippen LogP contribution in [0.3, 0.4) is 0 Å². The molecular formula is C13H13BrN2O3S. The summed E-state index contributed by atoms with van der Waals surface area (Å²) in [7, 11) is -2.13. The van der Waals surface area contributed by atoms with Gasteiger partial charge >= 0.3 is 0 Å². The number of anilines is 1. The van der Waals surface area contributed by atoms with Crippen molar-refractivity contribution < 1.29 is 8.42 Å². The second kappa shape index (κ2) is 5.41. The normalized spacial score (nSPS) is 11.3. The molecule has 0 fully saturated rings. The van der Waals surface area contributed by atoms with Gasteiger partial charge in [0.1, 0.15) is 0 Å². The quantitative estimate of drug-likeness (QED) is 0.916. The summed E-state index contributed by atoms with van der Waals surface area (Å²) < 4.78 is 29.2. The maximum absolute atomic E-state index is 12.4. The Labute approximate surface area is 125 Å². The first-order valence-corrected chi connectivity index (χ1v) is 8.03. The molecule has 0 unspecified atom stereocenters. The van der Waals surface area contributed by atoms with Crippen LogP contribution in [0.4, 0.5) is 5.69 Å². The molecule has 0 atom stereocenters. The van der Waals surface area contributed by atoms with Crippen LogP contribution in [0, 0.1) is 6.92 Å². The van der Waals surface area contributed by atoms with E-state index in [4.69, 9.17) is 0 Å². The van der Waals surface area contributed by atoms with E-state index in [1.807, 2.05) is 0 Å². The Kier molecular flexibility index (Phi) is 4.01. The minimum absolute atomic E-state index is 0.195. The molecule has 2 rings (SSSR count). The summed E-state index contributed by atoms with van der Waals surface area (Å²) in [6.07, 6.45) is 1.44. The number of rotatable bonds is 3. The van der Waals surface area contributed by atoms with E-state index in [0.717, 1.165) is 0 Å². The Hall–Kier alpha value is -1.60. The maximum Gasteiger partial charge on any atom is 0.262 e. The molecule has 106 valence electrons. The van der Waals surface area contributed by atoms with Crippen molar-refractivity contribution in [1.82, 2.24) is 4.57 Å². The molecule has 1 N–H and O–H groups in total. The maximum atomic E-state index is 12.4. The number of aryl methyl sites for hydroxylation is 2. The van der Waals surface area contributed by atoms with E-state index < -0.39 is 10.0 Å². The van der Waals surface area contributed by atoms with Crippen LogP contribution in [0.15, 0.2) is 50.7 Å². The molecule has 7 heteroatoms. The summed E-state index contributed by atoms with van der Waals surface area (Å²) in [5.41, 5.74) is 0.781. The zero-order chi connectivity index (χ0) is 14.9. The fraction of sp³-hybridized carbons (Fsp3) is 0.154. The third-order valence-corrected chi connectivity index (χ3v) is 4.79. The molecule has 0 spiro atoms. The summed E-state index contributed by atoms with van der Waals surface area (Å²) >= 11 is 3.26. The van der Waals surface area contributed by atoms with Gasteiger partial charge in [-0.3, -0.25) is 9.52 Å². The van der Waals surface area contributed by atoms with E-state index in [2.05, 4.69) is 20.7 Å². The third kappa shape index (κ3) is 3.10. The average molecular weight is 357 g/mol. The van der Waals surface area contributed by atoms with Crippen molar-refractivity contribution in [3.05, 3.63) is 56.9 Å². The molecule has 0 aliphatic rings. The highest BCUT2D eigenvalue weighted by atomic mass is 79.9. The molecule has 1 aromatic heterocycles. The zero-order valence-corrected chi connectivity index (χ0v) is 13.3. The fourth-order valence-electron chi connectivity index (χ4n) is 1.73. The Bertz CT molecular complexity index is 813. The molecule has 0 radical (unpaired) electrons. The van der Waals surface area contributed by atoms with Gasteiger partial charge in [0.2, 0.25) is 5.56 Å². The molecule has 1 heterocycles. The highest BCUT2D eigenvalue weighted by molar-refractivity contribution is 9.10. The van der Waals surface area contributed by atoms with Crippen molar-refractivity contribution in [2.45, 2.75) is 11.8 Å². The second-order valence-corrected chi connectivity index (χ2v) is 6.95. The average Bonchev–Trinajstić information content (AvgIpc) is 2.36. The van der Waals surface area contributed by atoms with Gasteiger partial charge in [0.15, 0.2) is 0 Å². The number of aromatic nitrogens is 1. The van der Waals surface area contributed by atoms with Crippen LogP contribution in [0.25, 0.3) is 0 Å². The molecule has 0 saturated heterocycles. The summed E-state index contributed by atoms with van der Waals surface area (Å²) in [5.74, 6) is 0. The lowest BCUT2D eigenvalue weighted by Crippen LogP contribution is -2.18. The third-order valence-electron chi connectivity index (χ3n) is 2.78. The minimum atomic E-state index is -3.69. The number of benzene rings is 1. The zero-order valence-electron chi connectivity index (χ0n) is 10.9. The molecule has 0 saturated carbocycles. The van der Waals surface area contributed by atoms with Crippen molar-refractivity contribution in [3.8, 4) is 0 Å². The van der Waals surface area contributed by atoms with Gasteiger partial charge in [-0.05, 0) is 30.7 Å². The van der Waals surface area contributed by atoms with E-state index >= 15 is 0 Å².